The molecule has 0 fully saturated rings. The van der Waals surface area contributed by atoms with Crippen LogP contribution in [0.5, 0.6) is 0 Å². The minimum absolute atomic E-state index is 0.101. The van der Waals surface area contributed by atoms with Crippen molar-refractivity contribution in [2.75, 3.05) is 14.1 Å². The van der Waals surface area contributed by atoms with Crippen LogP contribution in [0.4, 0.5) is 0 Å². The first kappa shape index (κ1) is 17.4. The van der Waals surface area contributed by atoms with E-state index in [4.69, 9.17) is 10.00 Å². The summed E-state index contributed by atoms with van der Waals surface area (Å²) in [6.45, 7) is 0. The van der Waals surface area contributed by atoms with Crippen LogP contribution in [0.25, 0.3) is 0 Å². The molecule has 22 heavy (non-hydrogen) atoms. The van der Waals surface area contributed by atoms with E-state index in [1.165, 1.54) is 19.0 Å². The van der Waals surface area contributed by atoms with Crippen molar-refractivity contribution in [2.24, 2.45) is 0 Å². The summed E-state index contributed by atoms with van der Waals surface area (Å²) in [7, 11) is 2.97. The average Bonchev–Trinajstić information content (AvgIpc) is 2.52. The Morgan fingerprint density at radius 1 is 1.41 bits per heavy atom. The number of nitrogens with zero attached hydrogens (tertiary/aromatic N) is 2. The van der Waals surface area contributed by atoms with Gasteiger partial charge in [0.1, 0.15) is 12.4 Å². The third-order valence-electron chi connectivity index (χ3n) is 2.97. The number of nitriles is 1. The number of rotatable bonds is 7. The topological polar surface area (TPSA) is 87.5 Å². The highest BCUT2D eigenvalue weighted by Gasteiger charge is 2.23. The van der Waals surface area contributed by atoms with Crippen LogP contribution < -0.4 is 0 Å². The number of aryl methyl sites for hydroxylation is 1. The van der Waals surface area contributed by atoms with Gasteiger partial charge in [0.15, 0.2) is 0 Å². The monoisotopic (exact) mass is 302 g/mol. The summed E-state index contributed by atoms with van der Waals surface area (Å²) in [4.78, 5) is 35.1. The van der Waals surface area contributed by atoms with Gasteiger partial charge in [0.25, 0.3) is 12.0 Å². The molecular weight excluding hydrogens is 284 g/mol. The maximum absolute atomic E-state index is 11.7. The molecule has 0 aliphatic rings. The van der Waals surface area contributed by atoms with Gasteiger partial charge in [0, 0.05) is 26.1 Å². The van der Waals surface area contributed by atoms with Gasteiger partial charge in [-0.25, -0.2) is 0 Å². The SMILES string of the molecule is CN(C)C(=O)C(C#N)OC(=O)CCCc1cccc(C=O)c1. The lowest BCUT2D eigenvalue weighted by Gasteiger charge is -2.15. The summed E-state index contributed by atoms with van der Waals surface area (Å²) < 4.78 is 4.86. The van der Waals surface area contributed by atoms with Crippen LogP contribution in [0.15, 0.2) is 24.3 Å². The van der Waals surface area contributed by atoms with E-state index >= 15 is 0 Å². The second-order valence-corrected chi connectivity index (χ2v) is 4.95. The molecule has 1 unspecified atom stereocenters. The number of hydrogen-bond donors (Lipinski definition) is 0. The summed E-state index contributed by atoms with van der Waals surface area (Å²) in [6, 6.07) is 8.77. The zero-order chi connectivity index (χ0) is 16.5. The van der Waals surface area contributed by atoms with Crippen molar-refractivity contribution >= 4 is 18.2 Å². The Morgan fingerprint density at radius 2 is 2.14 bits per heavy atom. The van der Waals surface area contributed by atoms with Crippen LogP contribution in [-0.2, 0) is 20.7 Å². The quantitative estimate of drug-likeness (QED) is 0.560. The molecule has 0 bridgehead atoms. The molecule has 1 rings (SSSR count). The van der Waals surface area contributed by atoms with E-state index in [0.29, 0.717) is 18.4 Å². The fraction of sp³-hybridized carbons (Fsp3) is 0.375. The normalized spacial score (nSPS) is 11.1. The molecule has 0 aliphatic carbocycles. The summed E-state index contributed by atoms with van der Waals surface area (Å²) in [5.41, 5.74) is 1.53. The van der Waals surface area contributed by atoms with Gasteiger partial charge in [-0.3, -0.25) is 14.4 Å². The highest BCUT2D eigenvalue weighted by molar-refractivity contribution is 5.85. The number of carbonyl (C=O) groups is 3. The number of ether oxygens (including phenoxy) is 1. The van der Waals surface area contributed by atoms with E-state index in [2.05, 4.69) is 0 Å². The lowest BCUT2D eigenvalue weighted by Crippen LogP contribution is -2.36. The first-order valence-corrected chi connectivity index (χ1v) is 6.82. The molecule has 0 N–H and O–H groups in total. The van der Waals surface area contributed by atoms with Gasteiger partial charge < -0.3 is 9.64 Å². The molecule has 6 heteroatoms. The predicted octanol–water partition coefficient (Wildman–Crippen LogP) is 1.35. The first-order valence-electron chi connectivity index (χ1n) is 6.82. The van der Waals surface area contributed by atoms with Crippen molar-refractivity contribution in [3.63, 3.8) is 0 Å². The van der Waals surface area contributed by atoms with Gasteiger partial charge in [-0.2, -0.15) is 5.26 Å². The lowest BCUT2D eigenvalue weighted by atomic mass is 10.1. The van der Waals surface area contributed by atoms with E-state index in [9.17, 15) is 14.4 Å². The molecule has 6 nitrogen and oxygen atoms in total. The number of likely N-dealkylation sites (N-methyl/N-ethyl adjacent to an activating group) is 1. The summed E-state index contributed by atoms with van der Waals surface area (Å²) in [5, 5.41) is 8.85. The second-order valence-electron chi connectivity index (χ2n) is 4.95. The van der Waals surface area contributed by atoms with Gasteiger partial charge in [-0.15, -0.1) is 0 Å². The third kappa shape index (κ3) is 5.37. The first-order chi connectivity index (χ1) is 10.5. The molecular formula is C16H18N2O4. The van der Waals surface area contributed by atoms with E-state index in [0.717, 1.165) is 11.8 Å². The Kier molecular flexibility index (Phi) is 6.77. The van der Waals surface area contributed by atoms with Crippen LogP contribution >= 0.6 is 0 Å². The molecule has 0 saturated carbocycles. The van der Waals surface area contributed by atoms with Gasteiger partial charge in [-0.05, 0) is 24.5 Å². The van der Waals surface area contributed by atoms with E-state index in [-0.39, 0.29) is 6.42 Å². The van der Waals surface area contributed by atoms with Crippen LogP contribution in [0.2, 0.25) is 0 Å². The predicted molar refractivity (Wildman–Crippen MR) is 79.0 cm³/mol. The Hall–Kier alpha value is -2.68. The van der Waals surface area contributed by atoms with Crippen molar-refractivity contribution in [3.05, 3.63) is 35.4 Å². The molecule has 1 aromatic rings. The van der Waals surface area contributed by atoms with Crippen molar-refractivity contribution in [1.29, 1.82) is 5.26 Å². The highest BCUT2D eigenvalue weighted by atomic mass is 16.5. The molecule has 1 amide bonds. The Labute approximate surface area is 129 Å². The van der Waals surface area contributed by atoms with Crippen molar-refractivity contribution < 1.29 is 19.1 Å². The van der Waals surface area contributed by atoms with Crippen LogP contribution in [0, 0.1) is 11.3 Å². The van der Waals surface area contributed by atoms with Gasteiger partial charge in [-0.1, -0.05) is 18.2 Å². The zero-order valence-corrected chi connectivity index (χ0v) is 12.6. The third-order valence-corrected chi connectivity index (χ3v) is 2.97. The molecule has 0 heterocycles. The fourth-order valence-corrected chi connectivity index (χ4v) is 1.82. The molecule has 0 saturated heterocycles. The zero-order valence-electron chi connectivity index (χ0n) is 12.6. The van der Waals surface area contributed by atoms with Gasteiger partial charge >= 0.3 is 5.97 Å². The molecule has 1 atom stereocenters. The maximum atomic E-state index is 11.7. The lowest BCUT2D eigenvalue weighted by molar-refractivity contribution is -0.155. The smallest absolute Gasteiger partial charge is 0.307 e. The largest absolute Gasteiger partial charge is 0.437 e. The van der Waals surface area contributed by atoms with Crippen molar-refractivity contribution in [3.8, 4) is 6.07 Å². The number of benzene rings is 1. The molecule has 1 aromatic carbocycles. The minimum atomic E-state index is -1.40. The fourth-order valence-electron chi connectivity index (χ4n) is 1.82. The molecule has 0 spiro atoms. The Bertz CT molecular complexity index is 590. The van der Waals surface area contributed by atoms with Crippen molar-refractivity contribution in [1.82, 2.24) is 4.90 Å². The molecule has 0 aromatic heterocycles. The molecule has 0 radical (unpaired) electrons. The van der Waals surface area contributed by atoms with Gasteiger partial charge in [0.05, 0.1) is 0 Å². The highest BCUT2D eigenvalue weighted by Crippen LogP contribution is 2.09. The Morgan fingerprint density at radius 3 is 2.73 bits per heavy atom. The number of hydrogen-bond acceptors (Lipinski definition) is 5. The van der Waals surface area contributed by atoms with Crippen LogP contribution in [0.1, 0.15) is 28.8 Å². The van der Waals surface area contributed by atoms with E-state index in [1.54, 1.807) is 24.3 Å². The average molecular weight is 302 g/mol. The van der Waals surface area contributed by atoms with Crippen molar-refractivity contribution in [2.45, 2.75) is 25.4 Å². The van der Waals surface area contributed by atoms with E-state index in [1.807, 2.05) is 6.07 Å². The van der Waals surface area contributed by atoms with E-state index < -0.39 is 18.0 Å². The van der Waals surface area contributed by atoms with Gasteiger partial charge in [0.2, 0.25) is 0 Å². The number of amides is 1. The van der Waals surface area contributed by atoms with Crippen LogP contribution in [-0.4, -0.2) is 43.3 Å². The van der Waals surface area contributed by atoms with Crippen LogP contribution in [0.3, 0.4) is 0 Å². The summed E-state index contributed by atoms with van der Waals surface area (Å²) in [5.74, 6) is -1.15. The minimum Gasteiger partial charge on any atom is -0.437 e. The number of esters is 1. The summed E-state index contributed by atoms with van der Waals surface area (Å²) in [6.07, 6.45) is 0.582. The number of carbonyl (C=O) groups excluding carboxylic acids is 3. The molecule has 0 aliphatic heterocycles. The summed E-state index contributed by atoms with van der Waals surface area (Å²) >= 11 is 0. The number of aldehydes is 1. The Balaban J connectivity index is 2.44. The molecule has 116 valence electrons. The maximum Gasteiger partial charge on any atom is 0.307 e. The standard InChI is InChI=1S/C16H18N2O4/c1-18(2)16(21)14(10-17)22-15(20)8-4-6-12-5-3-7-13(9-12)11-19/h3,5,7,9,11,14H,4,6,8H2,1-2H3. The second kappa shape index (κ2) is 8.57.